The molecule has 2 N–H and O–H groups in total. The van der Waals surface area contributed by atoms with Crippen LogP contribution in [0.25, 0.3) is 5.69 Å². The Morgan fingerprint density at radius 3 is 2.63 bits per heavy atom. The van der Waals surface area contributed by atoms with Gasteiger partial charge in [0.15, 0.2) is 8.29 Å². The zero-order valence-electron chi connectivity index (χ0n) is 14.5. The molecular formula is C19H19N3O2S3. The number of nitrogens with one attached hydrogen (secondary N) is 1. The van der Waals surface area contributed by atoms with Crippen LogP contribution in [-0.2, 0) is 5.75 Å². The van der Waals surface area contributed by atoms with Crippen molar-refractivity contribution in [3.63, 3.8) is 0 Å². The Morgan fingerprint density at radius 1 is 1.19 bits per heavy atom. The van der Waals surface area contributed by atoms with Crippen LogP contribution in [0, 0.1) is 3.95 Å². The van der Waals surface area contributed by atoms with Gasteiger partial charge in [0, 0.05) is 24.5 Å². The van der Waals surface area contributed by atoms with E-state index in [2.05, 4.69) is 22.5 Å². The molecule has 0 spiro atoms. The average molecular weight is 418 g/mol. The van der Waals surface area contributed by atoms with Crippen molar-refractivity contribution in [1.29, 1.82) is 0 Å². The number of hydrogen-bond acceptors (Lipinski definition) is 6. The Bertz CT molecular complexity index is 937. The molecular weight excluding hydrogens is 398 g/mol. The monoisotopic (exact) mass is 417 g/mol. The van der Waals surface area contributed by atoms with Crippen LogP contribution in [-0.4, -0.2) is 33.9 Å². The first kappa shape index (κ1) is 19.8. The fourth-order valence-electron chi connectivity index (χ4n) is 2.34. The molecule has 0 fully saturated rings. The molecule has 5 nitrogen and oxygen atoms in total. The number of hydrogen-bond donors (Lipinski definition) is 2. The van der Waals surface area contributed by atoms with Crippen LogP contribution in [0.5, 0.6) is 0 Å². The highest BCUT2D eigenvalue weighted by Gasteiger charge is 2.09. The van der Waals surface area contributed by atoms with E-state index in [-0.39, 0.29) is 12.5 Å². The van der Waals surface area contributed by atoms with Gasteiger partial charge in [0.1, 0.15) is 0 Å². The van der Waals surface area contributed by atoms with Gasteiger partial charge in [-0.2, -0.15) is 0 Å². The van der Waals surface area contributed by atoms with Crippen molar-refractivity contribution in [3.8, 4) is 5.69 Å². The maximum Gasteiger partial charge on any atom is 0.251 e. The number of aliphatic hydroxyl groups is 1. The highest BCUT2D eigenvalue weighted by molar-refractivity contribution is 8.00. The van der Waals surface area contributed by atoms with E-state index in [0.717, 1.165) is 15.8 Å². The van der Waals surface area contributed by atoms with Gasteiger partial charge >= 0.3 is 0 Å². The fourth-order valence-corrected chi connectivity index (χ4v) is 4.66. The molecule has 0 saturated carbocycles. The van der Waals surface area contributed by atoms with Crippen LogP contribution in [0.2, 0.25) is 0 Å². The van der Waals surface area contributed by atoms with Gasteiger partial charge in [-0.25, -0.2) is 4.68 Å². The van der Waals surface area contributed by atoms with E-state index in [4.69, 9.17) is 17.3 Å². The van der Waals surface area contributed by atoms with Crippen LogP contribution >= 0.6 is 35.3 Å². The molecule has 1 aromatic heterocycles. The fraction of sp³-hybridized carbons (Fsp3) is 0.211. The van der Waals surface area contributed by atoms with E-state index in [0.29, 0.717) is 22.5 Å². The van der Waals surface area contributed by atoms with Crippen LogP contribution in [0.1, 0.15) is 22.3 Å². The molecule has 0 saturated heterocycles. The summed E-state index contributed by atoms with van der Waals surface area (Å²) in [5, 5.41) is 16.1. The van der Waals surface area contributed by atoms with Crippen molar-refractivity contribution in [1.82, 2.24) is 15.1 Å². The van der Waals surface area contributed by atoms with E-state index in [9.17, 15) is 4.79 Å². The molecule has 140 valence electrons. The second-order valence-electron chi connectivity index (χ2n) is 5.70. The first-order valence-electron chi connectivity index (χ1n) is 8.44. The van der Waals surface area contributed by atoms with Gasteiger partial charge < -0.3 is 10.4 Å². The van der Waals surface area contributed by atoms with Crippen molar-refractivity contribution in [2.45, 2.75) is 16.5 Å². The van der Waals surface area contributed by atoms with Gasteiger partial charge in [0.05, 0.1) is 5.69 Å². The smallest absolute Gasteiger partial charge is 0.251 e. The number of carbonyl (C=O) groups is 1. The summed E-state index contributed by atoms with van der Waals surface area (Å²) < 4.78 is 3.31. The number of nitrogens with zero attached hydrogens (tertiary/aromatic N) is 2. The molecule has 27 heavy (non-hydrogen) atoms. The first-order chi connectivity index (χ1) is 13.2. The standard InChI is InChI=1S/C19H19N3O2S3/c23-12-4-11-20-17(24)15-7-9-16(10-8-15)22-19(25)27-18(21-22)26-13-14-5-2-1-3-6-14/h1-3,5-10,23H,4,11-13H2,(H,20,24). The third-order valence-electron chi connectivity index (χ3n) is 3.73. The SMILES string of the molecule is O=C(NCCCO)c1ccc(-n2nc(SCc3ccccc3)sc2=S)cc1. The summed E-state index contributed by atoms with van der Waals surface area (Å²) >= 11 is 8.58. The summed E-state index contributed by atoms with van der Waals surface area (Å²) in [6.07, 6.45) is 0.543. The predicted octanol–water partition coefficient (Wildman–Crippen LogP) is 4.07. The predicted molar refractivity (Wildman–Crippen MR) is 112 cm³/mol. The Kier molecular flexibility index (Phi) is 7.17. The maximum absolute atomic E-state index is 12.0. The number of aromatic nitrogens is 2. The van der Waals surface area contributed by atoms with Gasteiger partial charge in [-0.1, -0.05) is 53.4 Å². The third kappa shape index (κ3) is 5.49. The number of carbonyl (C=O) groups excluding carboxylic acids is 1. The van der Waals surface area contributed by atoms with Crippen LogP contribution in [0.3, 0.4) is 0 Å². The molecule has 3 aromatic rings. The largest absolute Gasteiger partial charge is 0.396 e. The molecule has 0 aliphatic rings. The quantitative estimate of drug-likeness (QED) is 0.329. The number of rotatable bonds is 8. The van der Waals surface area contributed by atoms with E-state index < -0.39 is 0 Å². The minimum absolute atomic E-state index is 0.0614. The molecule has 0 aliphatic heterocycles. The second kappa shape index (κ2) is 9.80. The summed E-state index contributed by atoms with van der Waals surface area (Å²) in [5.74, 6) is 0.687. The van der Waals surface area contributed by atoms with Gasteiger partial charge in [0.25, 0.3) is 5.91 Å². The highest BCUT2D eigenvalue weighted by atomic mass is 32.2. The van der Waals surface area contributed by atoms with Crippen LogP contribution < -0.4 is 5.32 Å². The Hall–Kier alpha value is -2.00. The molecule has 1 heterocycles. The molecule has 0 unspecified atom stereocenters. The second-order valence-corrected chi connectivity index (χ2v) is 8.54. The Balaban J connectivity index is 1.67. The minimum Gasteiger partial charge on any atom is -0.396 e. The molecule has 0 atom stereocenters. The Morgan fingerprint density at radius 2 is 1.93 bits per heavy atom. The summed E-state index contributed by atoms with van der Waals surface area (Å²) in [6.45, 7) is 0.516. The normalized spacial score (nSPS) is 10.7. The van der Waals surface area contributed by atoms with Crippen molar-refractivity contribution in [3.05, 3.63) is 69.7 Å². The van der Waals surface area contributed by atoms with Crippen LogP contribution in [0.15, 0.2) is 58.9 Å². The number of thioether (sulfide) groups is 1. The molecule has 0 radical (unpaired) electrons. The molecule has 0 aliphatic carbocycles. The van der Waals surface area contributed by atoms with Crippen molar-refractivity contribution in [2.24, 2.45) is 0 Å². The summed E-state index contributed by atoms with van der Waals surface area (Å²) in [6, 6.07) is 17.4. The zero-order valence-corrected chi connectivity index (χ0v) is 16.9. The third-order valence-corrected chi connectivity index (χ3v) is 6.17. The minimum atomic E-state index is -0.156. The van der Waals surface area contributed by atoms with Crippen molar-refractivity contribution < 1.29 is 9.90 Å². The molecule has 3 rings (SSSR count). The van der Waals surface area contributed by atoms with E-state index in [1.54, 1.807) is 28.6 Å². The highest BCUT2D eigenvalue weighted by Crippen LogP contribution is 2.27. The summed E-state index contributed by atoms with van der Waals surface area (Å²) in [4.78, 5) is 12.0. The summed E-state index contributed by atoms with van der Waals surface area (Å²) in [7, 11) is 0. The van der Waals surface area contributed by atoms with E-state index in [1.807, 2.05) is 30.3 Å². The molecule has 2 aromatic carbocycles. The lowest BCUT2D eigenvalue weighted by molar-refractivity contribution is 0.0951. The lowest BCUT2D eigenvalue weighted by atomic mass is 10.2. The number of aliphatic hydroxyl groups excluding tert-OH is 1. The van der Waals surface area contributed by atoms with E-state index >= 15 is 0 Å². The van der Waals surface area contributed by atoms with Gasteiger partial charge in [-0.3, -0.25) is 4.79 Å². The maximum atomic E-state index is 12.0. The summed E-state index contributed by atoms with van der Waals surface area (Å²) in [5.41, 5.74) is 2.64. The van der Waals surface area contributed by atoms with Crippen LogP contribution in [0.4, 0.5) is 0 Å². The molecule has 0 bridgehead atoms. The molecule has 1 amide bonds. The number of benzene rings is 2. The number of amides is 1. The zero-order chi connectivity index (χ0) is 19.1. The topological polar surface area (TPSA) is 67.2 Å². The Labute approximate surface area is 171 Å². The van der Waals surface area contributed by atoms with Gasteiger partial charge in [0.2, 0.25) is 0 Å². The first-order valence-corrected chi connectivity index (χ1v) is 10.6. The van der Waals surface area contributed by atoms with E-state index in [1.165, 1.54) is 16.9 Å². The lowest BCUT2D eigenvalue weighted by Gasteiger charge is -2.05. The van der Waals surface area contributed by atoms with Crippen molar-refractivity contribution >= 4 is 41.2 Å². The van der Waals surface area contributed by atoms with Crippen molar-refractivity contribution in [2.75, 3.05) is 13.2 Å². The van der Waals surface area contributed by atoms with Gasteiger partial charge in [-0.05, 0) is 48.5 Å². The average Bonchev–Trinajstić information content (AvgIpc) is 3.08. The molecule has 8 heteroatoms. The van der Waals surface area contributed by atoms with Gasteiger partial charge in [-0.15, -0.1) is 5.10 Å². The lowest BCUT2D eigenvalue weighted by Crippen LogP contribution is -2.24.